The fourth-order valence-corrected chi connectivity index (χ4v) is 6.26. The van der Waals surface area contributed by atoms with Gasteiger partial charge in [-0.1, -0.05) is 167 Å². The highest BCUT2D eigenvalue weighted by Gasteiger charge is 2.14. The molecule has 286 valence electrons. The Hall–Kier alpha value is -2.11. The summed E-state index contributed by atoms with van der Waals surface area (Å²) < 4.78 is 6.00. The van der Waals surface area contributed by atoms with Crippen LogP contribution in [0.3, 0.4) is 0 Å². The number of carbonyl (C=O) groups excluding carboxylic acids is 2. The van der Waals surface area contributed by atoms with E-state index in [1.165, 1.54) is 116 Å². The fourth-order valence-electron chi connectivity index (χ4n) is 6.26. The molecule has 0 saturated carbocycles. The number of amides is 1. The quantitative estimate of drug-likeness (QED) is 0.0382. The molecule has 6 nitrogen and oxygen atoms in total. The van der Waals surface area contributed by atoms with Gasteiger partial charge in [0.1, 0.15) is 12.6 Å². The van der Waals surface area contributed by atoms with Crippen LogP contribution in [0, 0.1) is 0 Å². The van der Waals surface area contributed by atoms with Gasteiger partial charge in [-0.2, -0.15) is 0 Å². The third-order valence-corrected chi connectivity index (χ3v) is 9.38. The van der Waals surface area contributed by atoms with Crippen LogP contribution < -0.4 is 5.32 Å². The molecule has 6 heteroatoms. The van der Waals surface area contributed by atoms with Crippen LogP contribution in [0.1, 0.15) is 219 Å². The van der Waals surface area contributed by atoms with E-state index in [-0.39, 0.29) is 24.5 Å². The molecule has 0 aromatic heterocycles. The second kappa shape index (κ2) is 38.7. The lowest BCUT2D eigenvalue weighted by Gasteiger charge is -2.18. The number of carboxylic acid groups (broad SMARTS) is 1. The molecule has 0 radical (unpaired) electrons. The molecule has 1 amide bonds. The first-order chi connectivity index (χ1) is 24.0. The maximum atomic E-state index is 12.7. The summed E-state index contributed by atoms with van der Waals surface area (Å²) in [5, 5.41) is 11.1. The Balaban J connectivity index is 4.22. The van der Waals surface area contributed by atoms with E-state index >= 15 is 0 Å². The summed E-state index contributed by atoms with van der Waals surface area (Å²) in [6, 6.07) is 0. The highest BCUT2D eigenvalue weighted by Crippen LogP contribution is 2.18. The van der Waals surface area contributed by atoms with E-state index in [1.807, 2.05) is 0 Å². The second-order valence-electron chi connectivity index (χ2n) is 14.2. The maximum absolute atomic E-state index is 12.7. The Kier molecular flexibility index (Phi) is 37.0. The van der Waals surface area contributed by atoms with Crippen LogP contribution in [0.15, 0.2) is 24.3 Å². The van der Waals surface area contributed by atoms with Crippen LogP contribution in [0.2, 0.25) is 0 Å². The summed E-state index contributed by atoms with van der Waals surface area (Å²) in [4.78, 5) is 35.0. The fraction of sp³-hybridized carbons (Fsp3) is 0.837. The largest absolute Gasteiger partial charge is 0.480 e. The number of aliphatic carboxylic acids is 1. The first-order valence-electron chi connectivity index (χ1n) is 21.0. The van der Waals surface area contributed by atoms with E-state index in [0.29, 0.717) is 12.8 Å². The molecule has 0 saturated heterocycles. The number of hydrogen-bond donors (Lipinski definition) is 2. The molecular formula is C43H79NO5. The zero-order chi connectivity index (χ0) is 35.9. The van der Waals surface area contributed by atoms with Crippen LogP contribution in [-0.2, 0) is 19.1 Å². The summed E-state index contributed by atoms with van der Waals surface area (Å²) in [6.07, 6.45) is 45.8. The van der Waals surface area contributed by atoms with Gasteiger partial charge < -0.3 is 15.2 Å². The van der Waals surface area contributed by atoms with Gasteiger partial charge in [-0.15, -0.1) is 0 Å². The summed E-state index contributed by atoms with van der Waals surface area (Å²) >= 11 is 0. The van der Waals surface area contributed by atoms with Gasteiger partial charge in [-0.25, -0.2) is 0 Å². The lowest BCUT2D eigenvalue weighted by atomic mass is 10.0. The summed E-state index contributed by atoms with van der Waals surface area (Å²) in [6.45, 7) is 4.22. The second-order valence-corrected chi connectivity index (χ2v) is 14.2. The molecule has 1 atom stereocenters. The number of unbranched alkanes of at least 4 members (excludes halogenated alkanes) is 23. The number of ether oxygens (including phenoxy) is 1. The van der Waals surface area contributed by atoms with Crippen LogP contribution in [-0.4, -0.2) is 35.6 Å². The van der Waals surface area contributed by atoms with Gasteiger partial charge in [0.15, 0.2) is 0 Å². The SMILES string of the molecule is CCCCCCC/C=C\C/C=C\CCCC(CCCCCCCC(=O)NCC(=O)O)OC(=O)CCCCCCCCCCCCCCCC. The molecule has 0 rings (SSSR count). The summed E-state index contributed by atoms with van der Waals surface area (Å²) in [5.41, 5.74) is 0. The smallest absolute Gasteiger partial charge is 0.322 e. The van der Waals surface area contributed by atoms with Crippen molar-refractivity contribution in [1.82, 2.24) is 5.32 Å². The van der Waals surface area contributed by atoms with Gasteiger partial charge in [-0.3, -0.25) is 14.4 Å². The standard InChI is InChI=1S/C43H79NO5/c1-3-5-7-9-11-13-15-17-19-21-23-25-30-34-38-43(48)49-40(36-32-28-26-29-33-37-41(45)44-39-42(46)47)35-31-27-24-22-20-18-16-14-12-10-8-6-4-2/h16,18,22,24,40H,3-15,17,19-21,23,25-39H2,1-2H3,(H,44,45)(H,46,47)/b18-16-,24-22-. The molecule has 0 aliphatic carbocycles. The first-order valence-corrected chi connectivity index (χ1v) is 21.0. The van der Waals surface area contributed by atoms with Gasteiger partial charge in [0.25, 0.3) is 0 Å². The molecule has 0 aliphatic rings. The zero-order valence-electron chi connectivity index (χ0n) is 32.3. The monoisotopic (exact) mass is 690 g/mol. The van der Waals surface area contributed by atoms with Crippen molar-refractivity contribution in [2.45, 2.75) is 225 Å². The minimum Gasteiger partial charge on any atom is -0.480 e. The Morgan fingerprint density at radius 2 is 0.959 bits per heavy atom. The van der Waals surface area contributed by atoms with E-state index in [0.717, 1.165) is 77.0 Å². The van der Waals surface area contributed by atoms with Crippen molar-refractivity contribution < 1.29 is 24.2 Å². The third kappa shape index (κ3) is 38.5. The van der Waals surface area contributed by atoms with Crippen LogP contribution in [0.25, 0.3) is 0 Å². The van der Waals surface area contributed by atoms with Crippen molar-refractivity contribution in [3.8, 4) is 0 Å². The maximum Gasteiger partial charge on any atom is 0.322 e. The van der Waals surface area contributed by atoms with Gasteiger partial charge in [0.05, 0.1) is 0 Å². The topological polar surface area (TPSA) is 92.7 Å². The number of rotatable bonds is 38. The average Bonchev–Trinajstić information content (AvgIpc) is 3.08. The highest BCUT2D eigenvalue weighted by atomic mass is 16.5. The normalized spacial score (nSPS) is 12.2. The van der Waals surface area contributed by atoms with Crippen molar-refractivity contribution >= 4 is 17.8 Å². The minimum atomic E-state index is -1.02. The first kappa shape index (κ1) is 46.9. The number of carboxylic acids is 1. The number of nitrogens with one attached hydrogen (secondary N) is 1. The Labute approximate surface area is 303 Å². The van der Waals surface area contributed by atoms with Crippen molar-refractivity contribution in [1.29, 1.82) is 0 Å². The van der Waals surface area contributed by atoms with E-state index in [2.05, 4.69) is 43.5 Å². The average molecular weight is 690 g/mol. The summed E-state index contributed by atoms with van der Waals surface area (Å²) in [7, 11) is 0. The van der Waals surface area contributed by atoms with Gasteiger partial charge in [0, 0.05) is 12.8 Å². The zero-order valence-corrected chi connectivity index (χ0v) is 32.3. The molecule has 0 spiro atoms. The number of esters is 1. The van der Waals surface area contributed by atoms with E-state index in [9.17, 15) is 14.4 Å². The Bertz CT molecular complexity index is 808. The number of carbonyl (C=O) groups is 3. The van der Waals surface area contributed by atoms with Crippen LogP contribution in [0.4, 0.5) is 0 Å². The van der Waals surface area contributed by atoms with E-state index < -0.39 is 5.97 Å². The van der Waals surface area contributed by atoms with E-state index in [1.54, 1.807) is 0 Å². The molecule has 0 bridgehead atoms. The van der Waals surface area contributed by atoms with Gasteiger partial charge >= 0.3 is 11.9 Å². The number of hydrogen-bond acceptors (Lipinski definition) is 4. The third-order valence-electron chi connectivity index (χ3n) is 9.38. The molecule has 49 heavy (non-hydrogen) atoms. The molecule has 0 aliphatic heterocycles. The molecule has 0 aromatic rings. The molecule has 1 unspecified atom stereocenters. The molecule has 0 heterocycles. The minimum absolute atomic E-state index is 0.0121. The summed E-state index contributed by atoms with van der Waals surface area (Å²) in [5.74, 6) is -1.25. The van der Waals surface area contributed by atoms with Crippen LogP contribution >= 0.6 is 0 Å². The molecular weight excluding hydrogens is 610 g/mol. The van der Waals surface area contributed by atoms with Crippen LogP contribution in [0.5, 0.6) is 0 Å². The van der Waals surface area contributed by atoms with E-state index in [4.69, 9.17) is 9.84 Å². The van der Waals surface area contributed by atoms with Crippen molar-refractivity contribution in [2.75, 3.05) is 6.54 Å². The van der Waals surface area contributed by atoms with Gasteiger partial charge in [0.2, 0.25) is 5.91 Å². The predicted molar refractivity (Wildman–Crippen MR) is 208 cm³/mol. The molecule has 0 aromatic carbocycles. The highest BCUT2D eigenvalue weighted by molar-refractivity contribution is 5.80. The molecule has 0 fully saturated rings. The van der Waals surface area contributed by atoms with Gasteiger partial charge in [-0.05, 0) is 64.2 Å². The van der Waals surface area contributed by atoms with Crippen molar-refractivity contribution in [2.24, 2.45) is 0 Å². The predicted octanol–water partition coefficient (Wildman–Crippen LogP) is 12.7. The molecule has 2 N–H and O–H groups in total. The Morgan fingerprint density at radius 3 is 1.49 bits per heavy atom. The lowest BCUT2D eigenvalue weighted by Crippen LogP contribution is -2.28. The lowest BCUT2D eigenvalue weighted by molar-refractivity contribution is -0.150. The Morgan fingerprint density at radius 1 is 0.531 bits per heavy atom. The number of allylic oxidation sites excluding steroid dienone is 4. The van der Waals surface area contributed by atoms with Crippen molar-refractivity contribution in [3.63, 3.8) is 0 Å². The van der Waals surface area contributed by atoms with Crippen molar-refractivity contribution in [3.05, 3.63) is 24.3 Å².